The van der Waals surface area contributed by atoms with Crippen molar-refractivity contribution in [1.29, 1.82) is 0 Å². The number of thiophene rings is 1. The topological polar surface area (TPSA) is 32.3 Å². The monoisotopic (exact) mass is 250 g/mol. The smallest absolute Gasteiger partial charge is 0.318 e. The van der Waals surface area contributed by atoms with E-state index < -0.39 is 0 Å². The Labute approximate surface area is 106 Å². The molecule has 1 aliphatic carbocycles. The van der Waals surface area contributed by atoms with E-state index >= 15 is 0 Å². The number of carbonyl (C=O) groups is 1. The molecule has 0 aromatic carbocycles. The van der Waals surface area contributed by atoms with Crippen molar-refractivity contribution < 1.29 is 4.79 Å². The Bertz CT molecular complexity index is 425. The molecule has 0 saturated heterocycles. The van der Waals surface area contributed by atoms with Crippen LogP contribution in [0, 0.1) is 0 Å². The molecule has 1 atom stereocenters. The van der Waals surface area contributed by atoms with Crippen molar-refractivity contribution in [2.24, 2.45) is 0 Å². The Kier molecular flexibility index (Phi) is 2.82. The van der Waals surface area contributed by atoms with Crippen molar-refractivity contribution in [3.8, 4) is 0 Å². The van der Waals surface area contributed by atoms with Crippen LogP contribution < -0.4 is 5.32 Å². The molecule has 1 unspecified atom stereocenters. The summed E-state index contributed by atoms with van der Waals surface area (Å²) in [7, 11) is 0. The van der Waals surface area contributed by atoms with Crippen molar-refractivity contribution in [2.45, 2.75) is 44.7 Å². The number of urea groups is 1. The number of rotatable bonds is 1. The van der Waals surface area contributed by atoms with Crippen molar-refractivity contribution >= 4 is 17.4 Å². The van der Waals surface area contributed by atoms with E-state index in [0.717, 1.165) is 25.8 Å². The number of carbonyl (C=O) groups excluding carboxylic acids is 1. The fourth-order valence-corrected chi connectivity index (χ4v) is 3.56. The van der Waals surface area contributed by atoms with Gasteiger partial charge < -0.3 is 10.2 Å². The average Bonchev–Trinajstić information content (AvgIpc) is 2.72. The Morgan fingerprint density at radius 3 is 3.06 bits per heavy atom. The minimum Gasteiger partial charge on any atom is -0.335 e. The lowest BCUT2D eigenvalue weighted by Crippen LogP contribution is -2.49. The van der Waals surface area contributed by atoms with Gasteiger partial charge in [0, 0.05) is 17.5 Å². The van der Waals surface area contributed by atoms with Crippen molar-refractivity contribution in [1.82, 2.24) is 10.2 Å². The maximum absolute atomic E-state index is 12.2. The Morgan fingerprint density at radius 1 is 1.53 bits per heavy atom. The number of nitrogens with zero attached hydrogens (tertiary/aromatic N) is 1. The second kappa shape index (κ2) is 4.33. The van der Waals surface area contributed by atoms with Crippen LogP contribution in [0.2, 0.25) is 0 Å². The summed E-state index contributed by atoms with van der Waals surface area (Å²) in [6.45, 7) is 2.98. The number of hydrogen-bond donors (Lipinski definition) is 1. The summed E-state index contributed by atoms with van der Waals surface area (Å²) >= 11 is 1.81. The van der Waals surface area contributed by atoms with Crippen LogP contribution in [0.25, 0.3) is 0 Å². The van der Waals surface area contributed by atoms with Crippen molar-refractivity contribution in [3.05, 3.63) is 21.9 Å². The normalized spacial score (nSPS) is 24.1. The molecule has 1 aliphatic heterocycles. The van der Waals surface area contributed by atoms with Crippen LogP contribution in [0.5, 0.6) is 0 Å². The summed E-state index contributed by atoms with van der Waals surface area (Å²) in [5.41, 5.74) is 1.34. The minimum absolute atomic E-state index is 0.124. The highest BCUT2D eigenvalue weighted by Crippen LogP contribution is 2.33. The third kappa shape index (κ3) is 1.95. The second-order valence-corrected chi connectivity index (χ2v) is 6.00. The van der Waals surface area contributed by atoms with E-state index in [2.05, 4.69) is 23.7 Å². The third-order valence-electron chi connectivity index (χ3n) is 3.97. The lowest BCUT2D eigenvalue weighted by molar-refractivity contribution is 0.165. The summed E-state index contributed by atoms with van der Waals surface area (Å²) in [5.74, 6) is 0. The van der Waals surface area contributed by atoms with Gasteiger partial charge in [0.15, 0.2) is 0 Å². The average molecular weight is 250 g/mol. The second-order valence-electron chi connectivity index (χ2n) is 5.00. The molecule has 2 heterocycles. The number of nitrogens with one attached hydrogen (secondary N) is 1. The van der Waals surface area contributed by atoms with E-state index in [9.17, 15) is 4.79 Å². The first kappa shape index (κ1) is 11.1. The van der Waals surface area contributed by atoms with Crippen LogP contribution in [0.1, 0.15) is 42.7 Å². The molecule has 92 valence electrons. The molecular formula is C13H18N2OS. The van der Waals surface area contributed by atoms with E-state index in [1.165, 1.54) is 16.9 Å². The molecule has 1 fully saturated rings. The summed E-state index contributed by atoms with van der Waals surface area (Å²) in [6, 6.07) is 2.94. The van der Waals surface area contributed by atoms with Gasteiger partial charge in [-0.25, -0.2) is 4.79 Å². The summed E-state index contributed by atoms with van der Waals surface area (Å²) in [4.78, 5) is 15.6. The van der Waals surface area contributed by atoms with E-state index in [4.69, 9.17) is 0 Å². The van der Waals surface area contributed by atoms with Gasteiger partial charge in [-0.05, 0) is 49.6 Å². The highest BCUT2D eigenvalue weighted by molar-refractivity contribution is 7.10. The van der Waals surface area contributed by atoms with Gasteiger partial charge in [-0.3, -0.25) is 0 Å². The van der Waals surface area contributed by atoms with Crippen LogP contribution in [0.15, 0.2) is 11.4 Å². The van der Waals surface area contributed by atoms with Gasteiger partial charge in [0.2, 0.25) is 0 Å². The molecule has 0 spiro atoms. The fraction of sp³-hybridized carbons (Fsp3) is 0.615. The van der Waals surface area contributed by atoms with E-state index in [1.54, 1.807) is 0 Å². The summed E-state index contributed by atoms with van der Waals surface area (Å²) < 4.78 is 0. The minimum atomic E-state index is 0.124. The SMILES string of the molecule is CC1c2ccsc2CCN1C(=O)NC1CCC1. The largest absolute Gasteiger partial charge is 0.335 e. The molecule has 1 aromatic heterocycles. The fourth-order valence-electron chi connectivity index (χ4n) is 2.60. The lowest BCUT2D eigenvalue weighted by Gasteiger charge is -2.36. The molecule has 3 nitrogen and oxygen atoms in total. The van der Waals surface area contributed by atoms with Gasteiger partial charge in [0.1, 0.15) is 0 Å². The van der Waals surface area contributed by atoms with Gasteiger partial charge in [-0.2, -0.15) is 0 Å². The van der Waals surface area contributed by atoms with Crippen molar-refractivity contribution in [2.75, 3.05) is 6.54 Å². The molecule has 0 bridgehead atoms. The maximum Gasteiger partial charge on any atom is 0.318 e. The molecular weight excluding hydrogens is 232 g/mol. The zero-order valence-corrected chi connectivity index (χ0v) is 10.9. The molecule has 4 heteroatoms. The van der Waals surface area contributed by atoms with Crippen LogP contribution >= 0.6 is 11.3 Å². The first-order valence-corrected chi connectivity index (χ1v) is 7.27. The molecule has 17 heavy (non-hydrogen) atoms. The van der Waals surface area contributed by atoms with Gasteiger partial charge in [0.25, 0.3) is 0 Å². The molecule has 2 amide bonds. The standard InChI is InChI=1S/C13H18N2OS/c1-9-11-6-8-17-12(11)5-7-15(9)13(16)14-10-3-2-4-10/h6,8-10H,2-5,7H2,1H3,(H,14,16). The molecule has 0 radical (unpaired) electrons. The highest BCUT2D eigenvalue weighted by atomic mass is 32.1. The maximum atomic E-state index is 12.2. The Balaban J connectivity index is 1.70. The summed E-state index contributed by atoms with van der Waals surface area (Å²) in [6.07, 6.45) is 4.57. The first-order valence-electron chi connectivity index (χ1n) is 6.39. The van der Waals surface area contributed by atoms with Crippen LogP contribution in [0.4, 0.5) is 4.79 Å². The van der Waals surface area contributed by atoms with Crippen LogP contribution in [-0.4, -0.2) is 23.5 Å². The zero-order chi connectivity index (χ0) is 11.8. The third-order valence-corrected chi connectivity index (χ3v) is 4.97. The molecule has 2 aliphatic rings. The van der Waals surface area contributed by atoms with Gasteiger partial charge >= 0.3 is 6.03 Å². The zero-order valence-electron chi connectivity index (χ0n) is 10.1. The Morgan fingerprint density at radius 2 is 2.35 bits per heavy atom. The quantitative estimate of drug-likeness (QED) is 0.816. The van der Waals surface area contributed by atoms with Crippen LogP contribution in [0.3, 0.4) is 0 Å². The predicted molar refractivity (Wildman–Crippen MR) is 69.3 cm³/mol. The van der Waals surface area contributed by atoms with Gasteiger partial charge in [0.05, 0.1) is 6.04 Å². The number of hydrogen-bond acceptors (Lipinski definition) is 2. The lowest BCUT2D eigenvalue weighted by atomic mass is 9.93. The Hall–Kier alpha value is -1.03. The van der Waals surface area contributed by atoms with E-state index in [-0.39, 0.29) is 12.1 Å². The molecule has 3 rings (SSSR count). The number of fused-ring (bicyclic) bond motifs is 1. The summed E-state index contributed by atoms with van der Waals surface area (Å²) in [5, 5.41) is 5.26. The highest BCUT2D eigenvalue weighted by Gasteiger charge is 2.30. The van der Waals surface area contributed by atoms with Gasteiger partial charge in [-0.1, -0.05) is 0 Å². The number of amides is 2. The predicted octanol–water partition coefficient (Wildman–Crippen LogP) is 2.93. The van der Waals surface area contributed by atoms with E-state index in [0.29, 0.717) is 6.04 Å². The molecule has 1 N–H and O–H groups in total. The van der Waals surface area contributed by atoms with Crippen LogP contribution in [-0.2, 0) is 6.42 Å². The van der Waals surface area contributed by atoms with E-state index in [1.807, 2.05) is 16.2 Å². The van der Waals surface area contributed by atoms with Gasteiger partial charge in [-0.15, -0.1) is 11.3 Å². The molecule has 1 saturated carbocycles. The molecule has 1 aromatic rings. The first-order chi connectivity index (χ1) is 8.25. The van der Waals surface area contributed by atoms with Crippen molar-refractivity contribution in [3.63, 3.8) is 0 Å².